The van der Waals surface area contributed by atoms with Crippen LogP contribution in [0, 0.1) is 0 Å². The van der Waals surface area contributed by atoms with Gasteiger partial charge >= 0.3 is 0 Å². The summed E-state index contributed by atoms with van der Waals surface area (Å²) in [5.74, 6) is 0.0699. The van der Waals surface area contributed by atoms with Crippen LogP contribution in [0.1, 0.15) is 12.8 Å². The minimum atomic E-state index is -3.26. The van der Waals surface area contributed by atoms with Gasteiger partial charge < -0.3 is 14.6 Å². The lowest BCUT2D eigenvalue weighted by atomic mass is 10.3. The molecule has 0 radical (unpaired) electrons. The highest BCUT2D eigenvalue weighted by Crippen LogP contribution is 2.19. The number of methoxy groups -OCH3 is 2. The average Bonchev–Trinajstić information content (AvgIpc) is 2.73. The SMILES string of the molecule is COC1CN(S(=O)(=O)CCCCO)CC1OC. The summed E-state index contributed by atoms with van der Waals surface area (Å²) in [6, 6.07) is 0. The predicted octanol–water partition coefficient (Wildman–Crippen LogP) is -0.566. The van der Waals surface area contributed by atoms with Crippen molar-refractivity contribution in [2.75, 3.05) is 39.7 Å². The molecule has 0 aliphatic carbocycles. The maximum absolute atomic E-state index is 12.0. The third-order valence-corrected chi connectivity index (χ3v) is 4.88. The van der Waals surface area contributed by atoms with E-state index < -0.39 is 10.0 Å². The fourth-order valence-corrected chi connectivity index (χ4v) is 3.49. The highest BCUT2D eigenvalue weighted by molar-refractivity contribution is 7.89. The van der Waals surface area contributed by atoms with E-state index in [2.05, 4.69) is 0 Å². The number of rotatable bonds is 7. The van der Waals surface area contributed by atoms with Gasteiger partial charge in [-0.1, -0.05) is 0 Å². The van der Waals surface area contributed by atoms with Crippen molar-refractivity contribution in [1.29, 1.82) is 0 Å². The van der Waals surface area contributed by atoms with Crippen molar-refractivity contribution < 1.29 is 23.0 Å². The molecule has 17 heavy (non-hydrogen) atoms. The third kappa shape index (κ3) is 3.89. The lowest BCUT2D eigenvalue weighted by Gasteiger charge is -2.15. The van der Waals surface area contributed by atoms with E-state index in [9.17, 15) is 8.42 Å². The van der Waals surface area contributed by atoms with Crippen LogP contribution in [-0.2, 0) is 19.5 Å². The Labute approximate surface area is 103 Å². The molecule has 0 amide bonds. The Morgan fingerprint density at radius 3 is 2.12 bits per heavy atom. The second-order valence-electron chi connectivity index (χ2n) is 4.11. The van der Waals surface area contributed by atoms with Crippen LogP contribution < -0.4 is 0 Å². The zero-order valence-corrected chi connectivity index (χ0v) is 11.1. The summed E-state index contributed by atoms with van der Waals surface area (Å²) < 4.78 is 35.7. The van der Waals surface area contributed by atoms with E-state index in [-0.39, 0.29) is 24.6 Å². The van der Waals surface area contributed by atoms with Crippen LogP contribution in [0.4, 0.5) is 0 Å². The summed E-state index contributed by atoms with van der Waals surface area (Å²) in [6.45, 7) is 0.712. The molecular weight excluding hydrogens is 246 g/mol. The van der Waals surface area contributed by atoms with Crippen molar-refractivity contribution in [1.82, 2.24) is 4.31 Å². The molecule has 102 valence electrons. The second-order valence-corrected chi connectivity index (χ2v) is 6.20. The number of hydrogen-bond donors (Lipinski definition) is 1. The minimum Gasteiger partial charge on any atom is -0.396 e. The van der Waals surface area contributed by atoms with Gasteiger partial charge in [-0.05, 0) is 12.8 Å². The minimum absolute atomic E-state index is 0.0247. The van der Waals surface area contributed by atoms with Gasteiger partial charge in [-0.25, -0.2) is 8.42 Å². The van der Waals surface area contributed by atoms with Crippen molar-refractivity contribution in [2.24, 2.45) is 0 Å². The highest BCUT2D eigenvalue weighted by Gasteiger charge is 2.38. The molecule has 7 heteroatoms. The second kappa shape index (κ2) is 6.65. The van der Waals surface area contributed by atoms with Crippen molar-refractivity contribution in [3.8, 4) is 0 Å². The molecule has 1 heterocycles. The van der Waals surface area contributed by atoms with Gasteiger partial charge in [0.1, 0.15) is 0 Å². The zero-order valence-electron chi connectivity index (χ0n) is 10.3. The average molecular weight is 267 g/mol. The van der Waals surface area contributed by atoms with E-state index in [1.807, 2.05) is 0 Å². The number of sulfonamides is 1. The Hall–Kier alpha value is -0.210. The van der Waals surface area contributed by atoms with E-state index >= 15 is 0 Å². The topological polar surface area (TPSA) is 76.1 Å². The largest absolute Gasteiger partial charge is 0.396 e. The van der Waals surface area contributed by atoms with E-state index in [1.165, 1.54) is 4.31 Å². The van der Waals surface area contributed by atoms with Crippen molar-refractivity contribution in [3.05, 3.63) is 0 Å². The first-order valence-corrected chi connectivity index (χ1v) is 7.30. The smallest absolute Gasteiger partial charge is 0.214 e. The normalized spacial score (nSPS) is 26.5. The van der Waals surface area contributed by atoms with E-state index in [4.69, 9.17) is 14.6 Å². The summed E-state index contributed by atoms with van der Waals surface area (Å²) in [5, 5.41) is 8.64. The molecule has 0 aromatic carbocycles. The highest BCUT2D eigenvalue weighted by atomic mass is 32.2. The number of ether oxygens (including phenoxy) is 2. The van der Waals surface area contributed by atoms with E-state index in [0.29, 0.717) is 25.9 Å². The molecule has 6 nitrogen and oxygen atoms in total. The summed E-state index contributed by atoms with van der Waals surface area (Å²) in [5.41, 5.74) is 0. The Kier molecular flexibility index (Phi) is 5.81. The third-order valence-electron chi connectivity index (χ3n) is 2.99. The van der Waals surface area contributed by atoms with Gasteiger partial charge in [0.15, 0.2) is 0 Å². The van der Waals surface area contributed by atoms with Crippen LogP contribution in [0.15, 0.2) is 0 Å². The first-order chi connectivity index (χ1) is 8.05. The molecule has 1 aliphatic heterocycles. The van der Waals surface area contributed by atoms with E-state index in [0.717, 1.165) is 0 Å². The molecular formula is C10H21NO5S. The number of aliphatic hydroxyl groups excluding tert-OH is 1. The molecule has 1 aliphatic rings. The van der Waals surface area contributed by atoms with Crippen LogP contribution >= 0.6 is 0 Å². The lowest BCUT2D eigenvalue weighted by Crippen LogP contribution is -2.32. The molecule has 0 spiro atoms. The molecule has 1 rings (SSSR count). The van der Waals surface area contributed by atoms with Crippen molar-refractivity contribution >= 4 is 10.0 Å². The molecule has 0 bridgehead atoms. The van der Waals surface area contributed by atoms with Crippen LogP contribution in [0.3, 0.4) is 0 Å². The Bertz CT molecular complexity index is 307. The maximum atomic E-state index is 12.0. The molecule has 1 fully saturated rings. The Balaban J connectivity index is 2.56. The fourth-order valence-electron chi connectivity index (χ4n) is 1.92. The monoisotopic (exact) mass is 267 g/mol. The van der Waals surface area contributed by atoms with Crippen LogP contribution in [-0.4, -0.2) is 69.7 Å². The lowest BCUT2D eigenvalue weighted by molar-refractivity contribution is -0.00461. The molecule has 2 atom stereocenters. The van der Waals surface area contributed by atoms with Gasteiger partial charge in [0.25, 0.3) is 0 Å². The number of nitrogens with zero attached hydrogens (tertiary/aromatic N) is 1. The first kappa shape index (κ1) is 14.8. The van der Waals surface area contributed by atoms with Gasteiger partial charge in [0, 0.05) is 33.9 Å². The standard InChI is InChI=1S/C10H21NO5S/c1-15-9-7-11(8-10(9)16-2)17(13,14)6-4-3-5-12/h9-10,12H,3-8H2,1-2H3. The number of aliphatic hydroxyl groups is 1. The summed E-state index contributed by atoms with van der Waals surface area (Å²) >= 11 is 0. The maximum Gasteiger partial charge on any atom is 0.214 e. The predicted molar refractivity (Wildman–Crippen MR) is 63.3 cm³/mol. The Morgan fingerprint density at radius 1 is 1.18 bits per heavy atom. The Morgan fingerprint density at radius 2 is 1.71 bits per heavy atom. The van der Waals surface area contributed by atoms with Crippen LogP contribution in [0.25, 0.3) is 0 Å². The molecule has 1 N–H and O–H groups in total. The van der Waals surface area contributed by atoms with Gasteiger partial charge in [-0.2, -0.15) is 4.31 Å². The summed E-state index contributed by atoms with van der Waals surface area (Å²) in [7, 11) is -0.148. The molecule has 2 unspecified atom stereocenters. The number of unbranched alkanes of at least 4 members (excludes halogenated alkanes) is 1. The summed E-state index contributed by atoms with van der Waals surface area (Å²) in [6.07, 6.45) is 0.583. The van der Waals surface area contributed by atoms with Gasteiger partial charge in [0.2, 0.25) is 10.0 Å². The first-order valence-electron chi connectivity index (χ1n) is 5.69. The number of hydrogen-bond acceptors (Lipinski definition) is 5. The summed E-state index contributed by atoms with van der Waals surface area (Å²) in [4.78, 5) is 0. The van der Waals surface area contributed by atoms with Gasteiger partial charge in [-0.3, -0.25) is 0 Å². The van der Waals surface area contributed by atoms with Crippen LogP contribution in [0.2, 0.25) is 0 Å². The molecule has 1 saturated heterocycles. The zero-order chi connectivity index (χ0) is 12.9. The fraction of sp³-hybridized carbons (Fsp3) is 1.00. The van der Waals surface area contributed by atoms with Crippen LogP contribution in [0.5, 0.6) is 0 Å². The van der Waals surface area contributed by atoms with Gasteiger partial charge in [0.05, 0.1) is 18.0 Å². The van der Waals surface area contributed by atoms with Crippen molar-refractivity contribution in [3.63, 3.8) is 0 Å². The molecule has 0 aromatic heterocycles. The van der Waals surface area contributed by atoms with Gasteiger partial charge in [-0.15, -0.1) is 0 Å². The molecule has 0 saturated carbocycles. The molecule has 0 aromatic rings. The van der Waals surface area contributed by atoms with E-state index in [1.54, 1.807) is 14.2 Å². The quantitative estimate of drug-likeness (QED) is 0.625. The van der Waals surface area contributed by atoms with Crippen molar-refractivity contribution in [2.45, 2.75) is 25.0 Å².